The largest absolute Gasteiger partial charge is 0.367 e. The number of ether oxygens (including phenoxy) is 1. The number of fused-ring (bicyclic) bond motifs is 1. The van der Waals surface area contributed by atoms with Crippen LogP contribution in [-0.2, 0) is 22.6 Å². The van der Waals surface area contributed by atoms with Gasteiger partial charge in [0.25, 0.3) is 5.56 Å². The molecule has 3 aromatic carbocycles. The topological polar surface area (TPSA) is 64.4 Å². The number of carbonyl (C=O) groups is 1. The third-order valence-electron chi connectivity index (χ3n) is 6.68. The van der Waals surface area contributed by atoms with Crippen molar-refractivity contribution >= 4 is 16.8 Å². The van der Waals surface area contributed by atoms with Gasteiger partial charge in [-0.05, 0) is 54.2 Å². The molecule has 1 heterocycles. The number of amides is 1. The Kier molecular flexibility index (Phi) is 9.08. The lowest BCUT2D eigenvalue weighted by atomic mass is 10.1. The maximum atomic E-state index is 13.9. The molecule has 0 aliphatic carbocycles. The van der Waals surface area contributed by atoms with Crippen molar-refractivity contribution in [3.05, 3.63) is 106 Å². The zero-order chi connectivity index (χ0) is 27.1. The van der Waals surface area contributed by atoms with Crippen molar-refractivity contribution in [2.75, 3.05) is 13.2 Å². The normalized spacial score (nSPS) is 12.1. The number of hydrogen-bond acceptors (Lipinski definition) is 4. The summed E-state index contributed by atoms with van der Waals surface area (Å²) in [6.07, 6.45) is 1.52. The molecular formula is C32H37N3O3. The predicted octanol–water partition coefficient (Wildman–Crippen LogP) is 6.10. The third-order valence-corrected chi connectivity index (χ3v) is 6.68. The van der Waals surface area contributed by atoms with E-state index in [-0.39, 0.29) is 24.0 Å². The van der Waals surface area contributed by atoms with Gasteiger partial charge in [-0.2, -0.15) is 0 Å². The molecule has 0 fully saturated rings. The second-order valence-electron chi connectivity index (χ2n) is 9.99. The number of nitrogens with zero attached hydrogens (tertiary/aromatic N) is 3. The summed E-state index contributed by atoms with van der Waals surface area (Å²) in [7, 11) is 0. The van der Waals surface area contributed by atoms with E-state index in [1.54, 1.807) is 10.6 Å². The molecule has 6 heteroatoms. The molecular weight excluding hydrogens is 474 g/mol. The van der Waals surface area contributed by atoms with E-state index in [1.807, 2.05) is 84.6 Å². The van der Waals surface area contributed by atoms with Crippen molar-refractivity contribution < 1.29 is 9.53 Å². The Hall–Kier alpha value is -3.77. The molecule has 0 N–H and O–H groups in total. The van der Waals surface area contributed by atoms with Gasteiger partial charge in [0.05, 0.1) is 29.2 Å². The molecule has 1 amide bonds. The lowest BCUT2D eigenvalue weighted by molar-refractivity contribution is -0.140. The number of para-hydroxylation sites is 1. The van der Waals surface area contributed by atoms with E-state index >= 15 is 0 Å². The van der Waals surface area contributed by atoms with Gasteiger partial charge in [0, 0.05) is 6.54 Å². The molecule has 0 aliphatic rings. The van der Waals surface area contributed by atoms with Crippen molar-refractivity contribution in [1.82, 2.24) is 14.5 Å². The summed E-state index contributed by atoms with van der Waals surface area (Å²) in [4.78, 5) is 34.3. The van der Waals surface area contributed by atoms with Crippen LogP contribution >= 0.6 is 0 Å². The van der Waals surface area contributed by atoms with Crippen LogP contribution in [0.2, 0.25) is 0 Å². The van der Waals surface area contributed by atoms with Crippen molar-refractivity contribution in [3.8, 4) is 5.69 Å². The molecule has 1 atom stereocenters. The average molecular weight is 512 g/mol. The van der Waals surface area contributed by atoms with Gasteiger partial charge in [-0.25, -0.2) is 4.98 Å². The molecule has 0 aliphatic heterocycles. The van der Waals surface area contributed by atoms with E-state index in [4.69, 9.17) is 9.72 Å². The molecule has 1 aromatic heterocycles. The number of rotatable bonds is 11. The zero-order valence-electron chi connectivity index (χ0n) is 22.8. The molecule has 0 spiro atoms. The highest BCUT2D eigenvalue weighted by molar-refractivity contribution is 5.79. The van der Waals surface area contributed by atoms with Crippen LogP contribution in [0.3, 0.4) is 0 Å². The summed E-state index contributed by atoms with van der Waals surface area (Å²) in [5.74, 6) is 0.681. The maximum Gasteiger partial charge on any atom is 0.266 e. The van der Waals surface area contributed by atoms with Gasteiger partial charge in [0.15, 0.2) is 0 Å². The smallest absolute Gasteiger partial charge is 0.266 e. The second kappa shape index (κ2) is 12.7. The van der Waals surface area contributed by atoms with E-state index in [2.05, 4.69) is 20.8 Å². The summed E-state index contributed by atoms with van der Waals surface area (Å²) in [6.45, 7) is 9.16. The molecule has 0 saturated heterocycles. The van der Waals surface area contributed by atoms with Crippen LogP contribution in [0, 0.1) is 5.92 Å². The summed E-state index contributed by atoms with van der Waals surface area (Å²) in [6, 6.07) is 24.8. The Morgan fingerprint density at radius 3 is 2.26 bits per heavy atom. The summed E-state index contributed by atoms with van der Waals surface area (Å²) in [5, 5.41) is 0.554. The number of hydrogen-bond donors (Lipinski definition) is 0. The standard InChI is InChI=1S/C32H37N3O3/c1-5-24-16-18-26(19-17-24)35-31(33-28-15-11-10-14-27(28)32(35)37)29(6-2)34(20-23(3)4)30(36)22-38-21-25-12-8-7-9-13-25/h7-19,23,29H,5-6,20-22H2,1-4H3. The maximum absolute atomic E-state index is 13.9. The molecule has 0 bridgehead atoms. The van der Waals surface area contributed by atoms with Crippen LogP contribution in [0.4, 0.5) is 0 Å². The Morgan fingerprint density at radius 1 is 0.921 bits per heavy atom. The summed E-state index contributed by atoms with van der Waals surface area (Å²) < 4.78 is 7.51. The third kappa shape index (κ3) is 6.20. The fourth-order valence-electron chi connectivity index (χ4n) is 4.76. The number of carbonyl (C=O) groups excluding carboxylic acids is 1. The monoisotopic (exact) mass is 511 g/mol. The van der Waals surface area contributed by atoms with Gasteiger partial charge in [0.2, 0.25) is 5.91 Å². The number of aryl methyl sites for hydroxylation is 1. The molecule has 4 aromatic rings. The molecule has 0 saturated carbocycles. The van der Waals surface area contributed by atoms with E-state index in [1.165, 1.54) is 5.56 Å². The molecule has 0 radical (unpaired) electrons. The number of benzene rings is 3. The zero-order valence-corrected chi connectivity index (χ0v) is 22.8. The highest BCUT2D eigenvalue weighted by atomic mass is 16.5. The first kappa shape index (κ1) is 27.3. The van der Waals surface area contributed by atoms with Gasteiger partial charge in [-0.15, -0.1) is 0 Å². The van der Waals surface area contributed by atoms with Crippen LogP contribution in [0.5, 0.6) is 0 Å². The number of aromatic nitrogens is 2. The minimum absolute atomic E-state index is 0.0406. The minimum Gasteiger partial charge on any atom is -0.367 e. The van der Waals surface area contributed by atoms with Crippen LogP contribution in [0.1, 0.15) is 57.1 Å². The van der Waals surface area contributed by atoms with Crippen molar-refractivity contribution in [1.29, 1.82) is 0 Å². The van der Waals surface area contributed by atoms with Crippen molar-refractivity contribution in [2.24, 2.45) is 5.92 Å². The van der Waals surface area contributed by atoms with E-state index in [9.17, 15) is 9.59 Å². The highest BCUT2D eigenvalue weighted by Crippen LogP contribution is 2.27. The average Bonchev–Trinajstić information content (AvgIpc) is 2.93. The van der Waals surface area contributed by atoms with Gasteiger partial charge >= 0.3 is 0 Å². The molecule has 198 valence electrons. The van der Waals surface area contributed by atoms with Crippen LogP contribution in [0.25, 0.3) is 16.6 Å². The fourth-order valence-corrected chi connectivity index (χ4v) is 4.76. The molecule has 38 heavy (non-hydrogen) atoms. The van der Waals surface area contributed by atoms with Crippen molar-refractivity contribution in [2.45, 2.75) is 53.2 Å². The van der Waals surface area contributed by atoms with Gasteiger partial charge < -0.3 is 9.64 Å². The van der Waals surface area contributed by atoms with Gasteiger partial charge in [-0.1, -0.05) is 82.3 Å². The van der Waals surface area contributed by atoms with E-state index in [0.29, 0.717) is 36.3 Å². The van der Waals surface area contributed by atoms with Crippen LogP contribution in [0.15, 0.2) is 83.7 Å². The predicted molar refractivity (Wildman–Crippen MR) is 152 cm³/mol. The SMILES string of the molecule is CCc1ccc(-n2c(C(CC)N(CC(C)C)C(=O)COCc3ccccc3)nc3ccccc3c2=O)cc1. The Morgan fingerprint density at radius 2 is 1.61 bits per heavy atom. The minimum atomic E-state index is -0.395. The first-order valence-electron chi connectivity index (χ1n) is 13.4. The van der Waals surface area contributed by atoms with E-state index in [0.717, 1.165) is 17.7 Å². The van der Waals surface area contributed by atoms with Crippen LogP contribution < -0.4 is 5.56 Å². The van der Waals surface area contributed by atoms with Crippen molar-refractivity contribution in [3.63, 3.8) is 0 Å². The first-order chi connectivity index (χ1) is 18.4. The van der Waals surface area contributed by atoms with Gasteiger partial charge in [-0.3, -0.25) is 14.2 Å². The Balaban J connectivity index is 1.76. The molecule has 6 nitrogen and oxygen atoms in total. The molecule has 1 unspecified atom stereocenters. The Bertz CT molecular complexity index is 1410. The second-order valence-corrected chi connectivity index (χ2v) is 9.99. The lowest BCUT2D eigenvalue weighted by Crippen LogP contribution is -2.42. The van der Waals surface area contributed by atoms with Gasteiger partial charge in [0.1, 0.15) is 12.4 Å². The van der Waals surface area contributed by atoms with Crippen LogP contribution in [-0.4, -0.2) is 33.5 Å². The first-order valence-corrected chi connectivity index (χ1v) is 13.4. The Labute approximate surface area is 224 Å². The quantitative estimate of drug-likeness (QED) is 0.244. The summed E-state index contributed by atoms with van der Waals surface area (Å²) >= 11 is 0. The van der Waals surface area contributed by atoms with E-state index < -0.39 is 6.04 Å². The fraction of sp³-hybridized carbons (Fsp3) is 0.344. The molecule has 4 rings (SSSR count). The lowest BCUT2D eigenvalue weighted by Gasteiger charge is -2.33. The summed E-state index contributed by atoms with van der Waals surface area (Å²) in [5.41, 5.74) is 3.45. The highest BCUT2D eigenvalue weighted by Gasteiger charge is 2.29.